The van der Waals surface area contributed by atoms with Crippen molar-refractivity contribution in [2.45, 2.75) is 40.3 Å². The maximum atomic E-state index is 4.63. The summed E-state index contributed by atoms with van der Waals surface area (Å²) in [5, 5.41) is 5.93. The van der Waals surface area contributed by atoms with Crippen LogP contribution in [0.1, 0.15) is 30.8 Å². The first-order valence-corrected chi connectivity index (χ1v) is 7.32. The van der Waals surface area contributed by atoms with E-state index in [2.05, 4.69) is 71.6 Å². The lowest BCUT2D eigenvalue weighted by Crippen LogP contribution is -2.07. The molecule has 0 aliphatic heterocycles. The molecule has 0 fully saturated rings. The summed E-state index contributed by atoms with van der Waals surface area (Å²) < 4.78 is 4.42. The van der Waals surface area contributed by atoms with Crippen molar-refractivity contribution in [1.82, 2.24) is 14.3 Å². The first-order valence-electron chi connectivity index (χ1n) is 7.32. The van der Waals surface area contributed by atoms with E-state index < -0.39 is 0 Å². The number of benzene rings is 1. The topological polar surface area (TPSA) is 22.8 Å². The minimum atomic E-state index is 0.883. The fraction of sp³-hybridized carbons (Fsp3) is 0.353. The zero-order valence-corrected chi connectivity index (χ0v) is 12.4. The Kier molecular flexibility index (Phi) is 3.35. The van der Waals surface area contributed by atoms with Crippen molar-refractivity contribution < 1.29 is 0 Å². The van der Waals surface area contributed by atoms with Crippen LogP contribution in [-0.2, 0) is 19.5 Å². The van der Waals surface area contributed by atoms with Crippen LogP contribution in [0.3, 0.4) is 0 Å². The first-order chi connectivity index (χ1) is 9.71. The normalized spacial score (nSPS) is 11.3. The van der Waals surface area contributed by atoms with Gasteiger partial charge in [-0.25, -0.2) is 0 Å². The minimum absolute atomic E-state index is 0.883. The van der Waals surface area contributed by atoms with Crippen LogP contribution in [-0.4, -0.2) is 14.3 Å². The summed E-state index contributed by atoms with van der Waals surface area (Å²) in [5.41, 5.74) is 5.06. The van der Waals surface area contributed by atoms with E-state index in [-0.39, 0.29) is 0 Å². The summed E-state index contributed by atoms with van der Waals surface area (Å²) in [6.07, 6.45) is 3.16. The predicted octanol–water partition coefficient (Wildman–Crippen LogP) is 3.78. The second-order valence-corrected chi connectivity index (χ2v) is 5.30. The molecule has 0 atom stereocenters. The summed E-state index contributed by atoms with van der Waals surface area (Å²) in [7, 11) is 0. The third-order valence-corrected chi connectivity index (χ3v) is 3.84. The number of aryl methyl sites for hydroxylation is 3. The van der Waals surface area contributed by atoms with Gasteiger partial charge in [0, 0.05) is 18.3 Å². The maximum Gasteiger partial charge on any atom is 0.0645 e. The Hall–Kier alpha value is -2.03. The average Bonchev–Trinajstić information content (AvgIpc) is 3.03. The maximum absolute atomic E-state index is 4.63. The molecule has 3 nitrogen and oxygen atoms in total. The van der Waals surface area contributed by atoms with E-state index in [0.29, 0.717) is 0 Å². The molecular weight excluding hydrogens is 246 g/mol. The molecule has 0 unspecified atom stereocenters. The number of aromatic nitrogens is 3. The molecular formula is C17H21N3. The fourth-order valence-corrected chi connectivity index (χ4v) is 2.70. The van der Waals surface area contributed by atoms with Crippen LogP contribution in [0.5, 0.6) is 0 Å². The van der Waals surface area contributed by atoms with E-state index in [0.717, 1.165) is 19.5 Å². The van der Waals surface area contributed by atoms with Crippen molar-refractivity contribution in [2.24, 2.45) is 0 Å². The lowest BCUT2D eigenvalue weighted by Gasteiger charge is -2.08. The molecule has 0 amide bonds. The monoisotopic (exact) mass is 267 g/mol. The second-order valence-electron chi connectivity index (χ2n) is 5.30. The van der Waals surface area contributed by atoms with Crippen LogP contribution in [0.2, 0.25) is 0 Å². The minimum Gasteiger partial charge on any atom is -0.341 e. The summed E-state index contributed by atoms with van der Waals surface area (Å²) >= 11 is 0. The van der Waals surface area contributed by atoms with E-state index in [1.54, 1.807) is 0 Å². The zero-order valence-electron chi connectivity index (χ0n) is 12.4. The molecule has 0 bridgehead atoms. The predicted molar refractivity (Wildman–Crippen MR) is 83.1 cm³/mol. The van der Waals surface area contributed by atoms with Gasteiger partial charge in [0.2, 0.25) is 0 Å². The van der Waals surface area contributed by atoms with Gasteiger partial charge in [-0.15, -0.1) is 0 Å². The Balaban J connectivity index is 2.00. The van der Waals surface area contributed by atoms with E-state index >= 15 is 0 Å². The molecule has 20 heavy (non-hydrogen) atoms. The molecule has 0 spiro atoms. The van der Waals surface area contributed by atoms with E-state index in [9.17, 15) is 0 Å². The Bertz CT molecular complexity index is 734. The molecule has 2 aromatic heterocycles. The molecule has 3 heteroatoms. The van der Waals surface area contributed by atoms with Crippen LogP contribution in [0, 0.1) is 6.92 Å². The van der Waals surface area contributed by atoms with Crippen molar-refractivity contribution in [3.63, 3.8) is 0 Å². The van der Waals surface area contributed by atoms with Crippen molar-refractivity contribution in [2.75, 3.05) is 0 Å². The standard InChI is InChI=1S/C17H21N3/c1-4-15-11-16(20(5-2)18-15)12-19-9-8-14-7-6-13(3)10-17(14)19/h6-11H,4-5,12H2,1-3H3. The lowest BCUT2D eigenvalue weighted by atomic mass is 10.2. The van der Waals surface area contributed by atoms with Crippen LogP contribution in [0.4, 0.5) is 0 Å². The highest BCUT2D eigenvalue weighted by Crippen LogP contribution is 2.19. The molecule has 0 saturated heterocycles. The highest BCUT2D eigenvalue weighted by Gasteiger charge is 2.08. The fourth-order valence-electron chi connectivity index (χ4n) is 2.70. The van der Waals surface area contributed by atoms with Gasteiger partial charge in [-0.2, -0.15) is 5.10 Å². The third-order valence-electron chi connectivity index (χ3n) is 3.84. The summed E-state index contributed by atoms with van der Waals surface area (Å²) in [6.45, 7) is 8.25. The van der Waals surface area contributed by atoms with Crippen molar-refractivity contribution in [3.05, 3.63) is 53.5 Å². The Morgan fingerprint density at radius 2 is 1.95 bits per heavy atom. The number of rotatable bonds is 4. The molecule has 0 radical (unpaired) electrons. The van der Waals surface area contributed by atoms with Crippen LogP contribution >= 0.6 is 0 Å². The van der Waals surface area contributed by atoms with Crippen LogP contribution < -0.4 is 0 Å². The second kappa shape index (κ2) is 5.16. The molecule has 0 aliphatic carbocycles. The molecule has 3 rings (SSSR count). The van der Waals surface area contributed by atoms with Gasteiger partial charge in [0.05, 0.1) is 17.9 Å². The van der Waals surface area contributed by atoms with Crippen molar-refractivity contribution >= 4 is 10.9 Å². The average molecular weight is 267 g/mol. The van der Waals surface area contributed by atoms with Gasteiger partial charge in [-0.3, -0.25) is 4.68 Å². The van der Waals surface area contributed by atoms with Gasteiger partial charge in [0.25, 0.3) is 0 Å². The van der Waals surface area contributed by atoms with E-state index in [4.69, 9.17) is 0 Å². The molecule has 104 valence electrons. The van der Waals surface area contributed by atoms with Gasteiger partial charge < -0.3 is 4.57 Å². The molecule has 0 N–H and O–H groups in total. The van der Waals surface area contributed by atoms with Crippen molar-refractivity contribution in [3.8, 4) is 0 Å². The highest BCUT2D eigenvalue weighted by molar-refractivity contribution is 5.80. The summed E-state index contributed by atoms with van der Waals surface area (Å²) in [5.74, 6) is 0. The number of nitrogens with zero attached hydrogens (tertiary/aromatic N) is 3. The van der Waals surface area contributed by atoms with E-state index in [1.807, 2.05) is 0 Å². The Morgan fingerprint density at radius 1 is 1.10 bits per heavy atom. The van der Waals surface area contributed by atoms with Gasteiger partial charge in [-0.1, -0.05) is 19.1 Å². The molecule has 3 aromatic rings. The van der Waals surface area contributed by atoms with Crippen molar-refractivity contribution in [1.29, 1.82) is 0 Å². The molecule has 2 heterocycles. The third kappa shape index (κ3) is 2.24. The van der Waals surface area contributed by atoms with E-state index in [1.165, 1.54) is 27.9 Å². The molecule has 0 saturated carbocycles. The SMILES string of the molecule is CCc1cc(Cn2ccc3ccc(C)cc32)n(CC)n1. The van der Waals surface area contributed by atoms with Gasteiger partial charge in [0.1, 0.15) is 0 Å². The summed E-state index contributed by atoms with van der Waals surface area (Å²) in [4.78, 5) is 0. The Labute approximate surface area is 119 Å². The lowest BCUT2D eigenvalue weighted by molar-refractivity contribution is 0.599. The number of fused-ring (bicyclic) bond motifs is 1. The largest absolute Gasteiger partial charge is 0.341 e. The highest BCUT2D eigenvalue weighted by atomic mass is 15.3. The number of hydrogen-bond acceptors (Lipinski definition) is 1. The van der Waals surface area contributed by atoms with Crippen LogP contribution in [0.15, 0.2) is 36.5 Å². The summed E-state index contributed by atoms with van der Waals surface area (Å²) in [6, 6.07) is 11.0. The quantitative estimate of drug-likeness (QED) is 0.705. The van der Waals surface area contributed by atoms with Crippen LogP contribution in [0.25, 0.3) is 10.9 Å². The van der Waals surface area contributed by atoms with Gasteiger partial charge in [-0.05, 0) is 49.4 Å². The Morgan fingerprint density at radius 3 is 2.70 bits per heavy atom. The van der Waals surface area contributed by atoms with Gasteiger partial charge >= 0.3 is 0 Å². The number of hydrogen-bond donors (Lipinski definition) is 0. The molecule has 1 aromatic carbocycles. The molecule has 0 aliphatic rings. The zero-order chi connectivity index (χ0) is 14.1. The first kappa shape index (κ1) is 13.0. The van der Waals surface area contributed by atoms with Gasteiger partial charge in [0.15, 0.2) is 0 Å². The smallest absolute Gasteiger partial charge is 0.0645 e.